The molecule has 0 amide bonds. The molecule has 248 valence electrons. The predicted molar refractivity (Wildman–Crippen MR) is 195 cm³/mol. The van der Waals surface area contributed by atoms with Crippen molar-refractivity contribution in [3.8, 4) is 12.3 Å². The first kappa shape index (κ1) is 36.2. The zero-order valence-electron chi connectivity index (χ0n) is 29.3. The molecule has 1 N–H and O–H groups in total. The fourth-order valence-corrected chi connectivity index (χ4v) is 7.45. The number of aromatic nitrogens is 4. The maximum atomic E-state index is 10.4. The van der Waals surface area contributed by atoms with Crippen molar-refractivity contribution in [2.45, 2.75) is 113 Å². The van der Waals surface area contributed by atoms with Crippen molar-refractivity contribution in [1.82, 2.24) is 19.9 Å². The molecule has 2 aliphatic heterocycles. The SMILES string of the molecule is C#CC(O)/C=C/c1c2[n-]c(cc3nc(cc4nc(cc5[n-]c1c(CC)c5CC)C(CC)=C4CC)C(CC)=C3CC)c(CC)c2CC.[Ni+2]. The van der Waals surface area contributed by atoms with Crippen LogP contribution in [0.4, 0.5) is 0 Å². The van der Waals surface area contributed by atoms with Gasteiger partial charge in [-0.3, -0.25) is 0 Å². The number of fused-ring (bicyclic) bond motifs is 8. The second-order valence-electron chi connectivity index (χ2n) is 11.9. The Balaban J connectivity index is 0.00000500. The van der Waals surface area contributed by atoms with Crippen LogP contribution in [0, 0.1) is 12.3 Å². The van der Waals surface area contributed by atoms with Gasteiger partial charge in [-0.25, -0.2) is 9.97 Å². The summed E-state index contributed by atoms with van der Waals surface area (Å²) in [6, 6.07) is 6.60. The Morgan fingerprint density at radius 2 is 0.979 bits per heavy atom. The van der Waals surface area contributed by atoms with Gasteiger partial charge in [-0.2, -0.15) is 0 Å². The average Bonchev–Trinajstić information content (AvgIpc) is 3.79. The first-order chi connectivity index (χ1) is 22.3. The third kappa shape index (κ3) is 6.46. The Kier molecular flexibility index (Phi) is 11.9. The second kappa shape index (κ2) is 15.5. The standard InChI is InChI=1S/C41H48N4O.Ni/c1-10-24(46)19-20-33-40-31(17-8)29(15-6)38(44-40)22-36-27(13-4)25(11-2)34(42-36)21-35-26(12-3)28(14-5)37(43-35)23-39-30(16-7)32(18-9)41(33)45-39;/h1,19-24,46H,11-18H2,2-9H3;/q-2;+2/b20-19+,34-21?,35-21?,36-22?,37-23?,38-22?,39-23?,40-33?,41-33?;. The zero-order valence-corrected chi connectivity index (χ0v) is 30.2. The smallest absolute Gasteiger partial charge is 0.657 e. The number of hydrogen-bond donors (Lipinski definition) is 1. The molecule has 2 aliphatic rings. The summed E-state index contributed by atoms with van der Waals surface area (Å²) in [5.74, 6) is 2.44. The van der Waals surface area contributed by atoms with Crippen LogP contribution in [0.25, 0.3) is 50.4 Å². The average molecular weight is 672 g/mol. The van der Waals surface area contributed by atoms with Gasteiger partial charge in [-0.1, -0.05) is 107 Å². The van der Waals surface area contributed by atoms with Gasteiger partial charge in [0.1, 0.15) is 6.10 Å². The summed E-state index contributed by atoms with van der Waals surface area (Å²) in [6.07, 6.45) is 15.1. The second-order valence-corrected chi connectivity index (χ2v) is 11.9. The molecule has 3 aromatic heterocycles. The molecule has 1 atom stereocenters. The van der Waals surface area contributed by atoms with E-state index in [-0.39, 0.29) is 16.5 Å². The summed E-state index contributed by atoms with van der Waals surface area (Å²) in [6.45, 7) is 17.6. The molecule has 47 heavy (non-hydrogen) atoms. The van der Waals surface area contributed by atoms with E-state index in [2.05, 4.69) is 79.5 Å². The monoisotopic (exact) mass is 670 g/mol. The van der Waals surface area contributed by atoms with E-state index in [4.69, 9.17) is 26.4 Å². The van der Waals surface area contributed by atoms with E-state index < -0.39 is 6.10 Å². The molecule has 6 heteroatoms. The van der Waals surface area contributed by atoms with Crippen molar-refractivity contribution >= 4 is 50.4 Å². The third-order valence-electron chi connectivity index (χ3n) is 9.61. The Hall–Kier alpha value is -3.65. The quantitative estimate of drug-likeness (QED) is 0.172. The number of terminal acetylenes is 1. The molecule has 0 radical (unpaired) electrons. The van der Waals surface area contributed by atoms with E-state index in [1.165, 1.54) is 44.5 Å². The van der Waals surface area contributed by atoms with Gasteiger partial charge in [0.05, 0.1) is 22.8 Å². The minimum absolute atomic E-state index is 0. The predicted octanol–water partition coefficient (Wildman–Crippen LogP) is 9.29. The maximum absolute atomic E-state index is 10.4. The van der Waals surface area contributed by atoms with E-state index in [0.717, 1.165) is 102 Å². The topological polar surface area (TPSA) is 74.2 Å². The Bertz CT molecular complexity index is 1840. The van der Waals surface area contributed by atoms with Crippen LogP contribution in [-0.4, -0.2) is 21.2 Å². The molecule has 5 heterocycles. The molecule has 1 unspecified atom stereocenters. The van der Waals surface area contributed by atoms with Crippen molar-refractivity contribution in [2.24, 2.45) is 0 Å². The molecule has 0 saturated heterocycles. The van der Waals surface area contributed by atoms with Crippen LogP contribution in [0.1, 0.15) is 132 Å². The molecule has 5 rings (SSSR count). The van der Waals surface area contributed by atoms with Gasteiger partial charge >= 0.3 is 16.5 Å². The summed E-state index contributed by atoms with van der Waals surface area (Å²) in [4.78, 5) is 21.3. The van der Waals surface area contributed by atoms with Crippen molar-refractivity contribution in [2.75, 3.05) is 0 Å². The fourth-order valence-electron chi connectivity index (χ4n) is 7.45. The fraction of sp³-hybridized carbons (Fsp3) is 0.415. The first-order valence-electron chi connectivity index (χ1n) is 17.3. The van der Waals surface area contributed by atoms with Crippen LogP contribution in [0.3, 0.4) is 0 Å². The normalized spacial score (nSPS) is 13.8. The van der Waals surface area contributed by atoms with E-state index in [1.54, 1.807) is 6.08 Å². The maximum Gasteiger partial charge on any atom is 2.00 e. The molecule has 0 fully saturated rings. The summed E-state index contributed by atoms with van der Waals surface area (Å²) in [5.41, 5.74) is 18.6. The number of aliphatic hydroxyl groups is 1. The first-order valence-corrected chi connectivity index (χ1v) is 17.3. The van der Waals surface area contributed by atoms with Gasteiger partial charge in [-0.05, 0) is 85.8 Å². The Labute approximate surface area is 291 Å². The van der Waals surface area contributed by atoms with Crippen molar-refractivity contribution in [3.63, 3.8) is 0 Å². The van der Waals surface area contributed by atoms with E-state index in [1.807, 2.05) is 6.08 Å². The van der Waals surface area contributed by atoms with Crippen molar-refractivity contribution in [1.29, 1.82) is 0 Å². The summed E-state index contributed by atoms with van der Waals surface area (Å²) in [5, 5.41) is 10.4. The minimum Gasteiger partial charge on any atom is -0.657 e. The molecular weight excluding hydrogens is 623 g/mol. The molecular formula is C41H48N4NiO. The van der Waals surface area contributed by atoms with Gasteiger partial charge in [-0.15, -0.1) is 28.5 Å². The van der Waals surface area contributed by atoms with Gasteiger partial charge in [0.15, 0.2) is 0 Å². The van der Waals surface area contributed by atoms with Gasteiger partial charge in [0.2, 0.25) is 0 Å². The van der Waals surface area contributed by atoms with Gasteiger partial charge in [0, 0.05) is 0 Å². The number of rotatable bonds is 10. The van der Waals surface area contributed by atoms with E-state index in [0.29, 0.717) is 0 Å². The molecule has 5 nitrogen and oxygen atoms in total. The summed E-state index contributed by atoms with van der Waals surface area (Å²) in [7, 11) is 0. The van der Waals surface area contributed by atoms with Gasteiger partial charge < -0.3 is 15.1 Å². The Morgan fingerprint density at radius 1 is 0.617 bits per heavy atom. The summed E-state index contributed by atoms with van der Waals surface area (Å²) < 4.78 is 0. The van der Waals surface area contributed by atoms with Crippen molar-refractivity contribution < 1.29 is 21.6 Å². The van der Waals surface area contributed by atoms with Crippen LogP contribution in [0.15, 0.2) is 24.3 Å². The number of aryl methyl sites for hydroxylation is 4. The van der Waals surface area contributed by atoms with Crippen LogP contribution in [0.2, 0.25) is 0 Å². The minimum atomic E-state index is -1.00. The number of aliphatic hydroxyl groups excluding tert-OH is 1. The molecule has 0 saturated carbocycles. The number of hydrogen-bond acceptors (Lipinski definition) is 3. The summed E-state index contributed by atoms with van der Waals surface area (Å²) >= 11 is 0. The van der Waals surface area contributed by atoms with Gasteiger partial charge in [0.25, 0.3) is 0 Å². The molecule has 3 aromatic rings. The van der Waals surface area contributed by atoms with Crippen LogP contribution >= 0.6 is 0 Å². The van der Waals surface area contributed by atoms with E-state index in [9.17, 15) is 5.11 Å². The van der Waals surface area contributed by atoms with Crippen LogP contribution in [-0.2, 0) is 42.2 Å². The van der Waals surface area contributed by atoms with Crippen molar-refractivity contribution in [3.05, 3.63) is 74.9 Å². The molecule has 0 spiro atoms. The van der Waals surface area contributed by atoms with Crippen LogP contribution < -0.4 is 9.97 Å². The van der Waals surface area contributed by atoms with E-state index >= 15 is 0 Å². The third-order valence-corrected chi connectivity index (χ3v) is 9.61. The van der Waals surface area contributed by atoms with Crippen LogP contribution in [0.5, 0.6) is 0 Å². The molecule has 0 aliphatic carbocycles. The largest absolute Gasteiger partial charge is 2.00 e. The molecule has 0 aromatic carbocycles. The Morgan fingerprint density at radius 3 is 1.30 bits per heavy atom. The molecule has 8 bridgehead atoms. The number of allylic oxidation sites excluding steroid dienone is 4. The zero-order chi connectivity index (χ0) is 33.1. The number of nitrogens with zero attached hydrogens (tertiary/aromatic N) is 4.